The number of rotatable bonds is 7. The third-order valence-electron chi connectivity index (χ3n) is 3.64. The van der Waals surface area contributed by atoms with E-state index >= 15 is 0 Å². The van der Waals surface area contributed by atoms with E-state index in [1.807, 2.05) is 37.3 Å². The Bertz CT molecular complexity index is 644. The summed E-state index contributed by atoms with van der Waals surface area (Å²) in [5.41, 5.74) is 3.29. The van der Waals surface area contributed by atoms with E-state index in [1.54, 1.807) is 12.3 Å². The molecule has 0 aliphatic carbocycles. The first kappa shape index (κ1) is 17.1. The van der Waals surface area contributed by atoms with E-state index in [4.69, 9.17) is 4.74 Å². The van der Waals surface area contributed by atoms with Gasteiger partial charge < -0.3 is 15.2 Å². The second-order valence-corrected chi connectivity index (χ2v) is 5.35. The summed E-state index contributed by atoms with van der Waals surface area (Å²) in [7, 11) is 1.54. The summed E-state index contributed by atoms with van der Waals surface area (Å²) in [6, 6.07) is 11.3. The lowest BCUT2D eigenvalue weighted by Gasteiger charge is -2.13. The van der Waals surface area contributed by atoms with Gasteiger partial charge in [0.15, 0.2) is 0 Å². The first-order valence-electron chi connectivity index (χ1n) is 7.59. The molecule has 1 unspecified atom stereocenters. The molecule has 0 spiro atoms. The topological polar surface area (TPSA) is 71.5 Å². The standard InChI is InChI=1S/C18H22N2O3/c1-13-15(17-8-3-4-10-19-17)6-5-7-16(13)18(22)20-11-9-14(21)12-23-2/h3-8,10,14,21H,9,11-12H2,1-2H3,(H,20,22). The van der Waals surface area contributed by atoms with Crippen molar-refractivity contribution in [3.05, 3.63) is 53.7 Å². The molecular weight excluding hydrogens is 292 g/mol. The Balaban J connectivity index is 2.07. The maximum Gasteiger partial charge on any atom is 0.251 e. The number of pyridine rings is 1. The lowest BCUT2D eigenvalue weighted by molar-refractivity contribution is 0.0587. The minimum atomic E-state index is -0.568. The second-order valence-electron chi connectivity index (χ2n) is 5.35. The minimum Gasteiger partial charge on any atom is -0.391 e. The first-order chi connectivity index (χ1) is 11.1. The monoisotopic (exact) mass is 314 g/mol. The molecule has 2 rings (SSSR count). The molecule has 1 aromatic heterocycles. The van der Waals surface area contributed by atoms with Crippen LogP contribution in [-0.2, 0) is 4.74 Å². The van der Waals surface area contributed by atoms with Gasteiger partial charge in [-0.05, 0) is 37.1 Å². The number of benzene rings is 1. The van der Waals surface area contributed by atoms with Gasteiger partial charge in [0.25, 0.3) is 5.91 Å². The molecule has 0 radical (unpaired) electrons. The number of aromatic nitrogens is 1. The van der Waals surface area contributed by atoms with Crippen LogP contribution in [0.2, 0.25) is 0 Å². The summed E-state index contributed by atoms with van der Waals surface area (Å²) < 4.78 is 4.86. The van der Waals surface area contributed by atoms with E-state index in [1.165, 1.54) is 7.11 Å². The number of hydrogen-bond acceptors (Lipinski definition) is 4. The number of aliphatic hydroxyl groups is 1. The quantitative estimate of drug-likeness (QED) is 0.822. The van der Waals surface area contributed by atoms with Crippen LogP contribution >= 0.6 is 0 Å². The van der Waals surface area contributed by atoms with Crippen LogP contribution in [-0.4, -0.2) is 42.4 Å². The van der Waals surface area contributed by atoms with Crippen LogP contribution in [0.25, 0.3) is 11.3 Å². The Morgan fingerprint density at radius 2 is 2.13 bits per heavy atom. The van der Waals surface area contributed by atoms with Gasteiger partial charge in [-0.2, -0.15) is 0 Å². The fourth-order valence-corrected chi connectivity index (χ4v) is 2.40. The Hall–Kier alpha value is -2.24. The summed E-state index contributed by atoms with van der Waals surface area (Å²) in [6.45, 7) is 2.58. The van der Waals surface area contributed by atoms with Crippen LogP contribution in [0.1, 0.15) is 22.3 Å². The van der Waals surface area contributed by atoms with Gasteiger partial charge in [0.05, 0.1) is 18.4 Å². The molecule has 1 heterocycles. The highest BCUT2D eigenvalue weighted by Crippen LogP contribution is 2.23. The molecule has 1 aromatic carbocycles. The van der Waals surface area contributed by atoms with E-state index in [9.17, 15) is 9.90 Å². The average molecular weight is 314 g/mol. The molecule has 5 nitrogen and oxygen atoms in total. The molecule has 1 atom stereocenters. The summed E-state index contributed by atoms with van der Waals surface area (Å²) in [4.78, 5) is 16.7. The van der Waals surface area contributed by atoms with Crippen LogP contribution in [0.15, 0.2) is 42.6 Å². The SMILES string of the molecule is COCC(O)CCNC(=O)c1cccc(-c2ccccn2)c1C. The Kier molecular flexibility index (Phi) is 6.26. The van der Waals surface area contributed by atoms with Gasteiger partial charge in [0, 0.05) is 31.0 Å². The number of aliphatic hydroxyl groups excluding tert-OH is 1. The van der Waals surface area contributed by atoms with Gasteiger partial charge in [0.2, 0.25) is 0 Å². The fraction of sp³-hybridized carbons (Fsp3) is 0.333. The fourth-order valence-electron chi connectivity index (χ4n) is 2.40. The van der Waals surface area contributed by atoms with E-state index < -0.39 is 6.10 Å². The molecule has 122 valence electrons. The maximum atomic E-state index is 12.3. The van der Waals surface area contributed by atoms with E-state index in [0.717, 1.165) is 16.8 Å². The largest absolute Gasteiger partial charge is 0.391 e. The van der Waals surface area contributed by atoms with Crippen molar-refractivity contribution < 1.29 is 14.6 Å². The van der Waals surface area contributed by atoms with Crippen LogP contribution < -0.4 is 5.32 Å². The maximum absolute atomic E-state index is 12.3. The summed E-state index contributed by atoms with van der Waals surface area (Å²) in [5.74, 6) is -0.148. The van der Waals surface area contributed by atoms with Crippen molar-refractivity contribution in [1.82, 2.24) is 10.3 Å². The Morgan fingerprint density at radius 3 is 2.83 bits per heavy atom. The molecule has 0 saturated carbocycles. The van der Waals surface area contributed by atoms with Crippen molar-refractivity contribution in [2.24, 2.45) is 0 Å². The zero-order valence-electron chi connectivity index (χ0n) is 13.5. The Morgan fingerprint density at radius 1 is 1.30 bits per heavy atom. The molecule has 23 heavy (non-hydrogen) atoms. The van der Waals surface area contributed by atoms with Gasteiger partial charge in [-0.3, -0.25) is 9.78 Å². The normalized spacial score (nSPS) is 12.0. The summed E-state index contributed by atoms with van der Waals surface area (Å²) in [5, 5.41) is 12.4. The summed E-state index contributed by atoms with van der Waals surface area (Å²) >= 11 is 0. The zero-order chi connectivity index (χ0) is 16.7. The van der Waals surface area contributed by atoms with Gasteiger partial charge in [-0.15, -0.1) is 0 Å². The molecule has 2 N–H and O–H groups in total. The van der Waals surface area contributed by atoms with Crippen molar-refractivity contribution in [2.45, 2.75) is 19.4 Å². The first-order valence-corrected chi connectivity index (χ1v) is 7.59. The third kappa shape index (κ3) is 4.61. The molecule has 0 aliphatic rings. The second kappa shape index (κ2) is 8.41. The van der Waals surface area contributed by atoms with Gasteiger partial charge in [-0.25, -0.2) is 0 Å². The molecule has 0 saturated heterocycles. The highest BCUT2D eigenvalue weighted by Gasteiger charge is 2.13. The average Bonchev–Trinajstić information content (AvgIpc) is 2.56. The molecule has 0 bridgehead atoms. The van der Waals surface area contributed by atoms with Gasteiger partial charge >= 0.3 is 0 Å². The van der Waals surface area contributed by atoms with Crippen molar-refractivity contribution in [1.29, 1.82) is 0 Å². The number of hydrogen-bond donors (Lipinski definition) is 2. The van der Waals surface area contributed by atoms with Gasteiger partial charge in [-0.1, -0.05) is 18.2 Å². The van der Waals surface area contributed by atoms with E-state index in [2.05, 4.69) is 10.3 Å². The number of nitrogens with one attached hydrogen (secondary N) is 1. The number of nitrogens with zero attached hydrogens (tertiary/aromatic N) is 1. The predicted octanol–water partition coefficient (Wildman–Crippen LogP) is 2.18. The van der Waals surface area contributed by atoms with Crippen molar-refractivity contribution in [2.75, 3.05) is 20.3 Å². The van der Waals surface area contributed by atoms with Crippen molar-refractivity contribution in [3.8, 4) is 11.3 Å². The zero-order valence-corrected chi connectivity index (χ0v) is 13.5. The van der Waals surface area contributed by atoms with Crippen LogP contribution in [0.3, 0.4) is 0 Å². The van der Waals surface area contributed by atoms with Crippen LogP contribution in [0.5, 0.6) is 0 Å². The van der Waals surface area contributed by atoms with Crippen molar-refractivity contribution >= 4 is 5.91 Å². The number of carbonyl (C=O) groups excluding carboxylic acids is 1. The number of carbonyl (C=O) groups is 1. The smallest absolute Gasteiger partial charge is 0.251 e. The minimum absolute atomic E-state index is 0.148. The predicted molar refractivity (Wildman–Crippen MR) is 89.2 cm³/mol. The molecule has 5 heteroatoms. The highest BCUT2D eigenvalue weighted by atomic mass is 16.5. The Labute approximate surface area is 136 Å². The number of ether oxygens (including phenoxy) is 1. The van der Waals surface area contributed by atoms with E-state index in [0.29, 0.717) is 18.5 Å². The highest BCUT2D eigenvalue weighted by molar-refractivity contribution is 5.97. The van der Waals surface area contributed by atoms with Crippen LogP contribution in [0.4, 0.5) is 0 Å². The van der Waals surface area contributed by atoms with Crippen LogP contribution in [0, 0.1) is 6.92 Å². The number of methoxy groups -OCH3 is 1. The van der Waals surface area contributed by atoms with Crippen molar-refractivity contribution in [3.63, 3.8) is 0 Å². The number of amides is 1. The molecule has 1 amide bonds. The lowest BCUT2D eigenvalue weighted by atomic mass is 9.99. The van der Waals surface area contributed by atoms with E-state index in [-0.39, 0.29) is 12.5 Å². The third-order valence-corrected chi connectivity index (χ3v) is 3.64. The molecule has 0 fully saturated rings. The lowest BCUT2D eigenvalue weighted by Crippen LogP contribution is -2.29. The van der Waals surface area contributed by atoms with Gasteiger partial charge in [0.1, 0.15) is 0 Å². The molecule has 0 aliphatic heterocycles. The molecular formula is C18H22N2O3. The molecule has 2 aromatic rings. The summed E-state index contributed by atoms with van der Waals surface area (Å²) in [6.07, 6.45) is 1.62.